The average molecular weight is 249 g/mol. The van der Waals surface area contributed by atoms with E-state index in [0.717, 1.165) is 0 Å². The summed E-state index contributed by atoms with van der Waals surface area (Å²) in [5, 5.41) is 3.36. The molecular weight excluding hydrogens is 226 g/mol. The van der Waals surface area contributed by atoms with E-state index in [1.165, 1.54) is 29.4 Å². The predicted molar refractivity (Wildman–Crippen MR) is 73.7 cm³/mol. The van der Waals surface area contributed by atoms with E-state index in [1.807, 2.05) is 0 Å². The number of ether oxygens (including phenoxy) is 1. The van der Waals surface area contributed by atoms with E-state index in [0.29, 0.717) is 13.0 Å². The number of rotatable bonds is 5. The molecule has 0 aromatic heterocycles. The summed E-state index contributed by atoms with van der Waals surface area (Å²) in [5.41, 5.74) is 5.21. The maximum absolute atomic E-state index is 11.0. The van der Waals surface area contributed by atoms with E-state index in [2.05, 4.69) is 49.9 Å². The van der Waals surface area contributed by atoms with E-state index in [4.69, 9.17) is 0 Å². The molecule has 3 heteroatoms. The first-order valence-corrected chi connectivity index (χ1v) is 6.33. The van der Waals surface area contributed by atoms with Crippen LogP contribution >= 0.6 is 0 Å². The zero-order valence-electron chi connectivity index (χ0n) is 12.0. The third-order valence-electron chi connectivity index (χ3n) is 3.18. The van der Waals surface area contributed by atoms with Gasteiger partial charge in [0.15, 0.2) is 0 Å². The first kappa shape index (κ1) is 14.7. The number of nitrogens with one attached hydrogen (secondary N) is 1. The van der Waals surface area contributed by atoms with Crippen molar-refractivity contribution < 1.29 is 9.53 Å². The zero-order chi connectivity index (χ0) is 13.7. The van der Waals surface area contributed by atoms with Crippen LogP contribution in [-0.2, 0) is 9.53 Å². The molecule has 0 amide bonds. The first-order chi connectivity index (χ1) is 8.45. The van der Waals surface area contributed by atoms with Gasteiger partial charge in [0.05, 0.1) is 13.5 Å². The van der Waals surface area contributed by atoms with Gasteiger partial charge in [-0.3, -0.25) is 4.79 Å². The average Bonchev–Trinajstić information content (AvgIpc) is 2.27. The predicted octanol–water partition coefficient (Wildman–Crippen LogP) is 2.83. The summed E-state index contributed by atoms with van der Waals surface area (Å²) in [7, 11) is 1.42. The molecule has 100 valence electrons. The fourth-order valence-corrected chi connectivity index (χ4v) is 2.47. The van der Waals surface area contributed by atoms with Crippen molar-refractivity contribution in [3.63, 3.8) is 0 Å². The Labute approximate surface area is 110 Å². The minimum absolute atomic E-state index is 0.174. The molecule has 0 radical (unpaired) electrons. The summed E-state index contributed by atoms with van der Waals surface area (Å²) in [6.07, 6.45) is 0.408. The highest BCUT2D eigenvalue weighted by atomic mass is 16.5. The highest BCUT2D eigenvalue weighted by molar-refractivity contribution is 5.69. The van der Waals surface area contributed by atoms with Crippen LogP contribution in [0.25, 0.3) is 0 Å². The summed E-state index contributed by atoms with van der Waals surface area (Å²) in [6.45, 7) is 9.14. The molecule has 1 rings (SSSR count). The second-order valence-electron chi connectivity index (χ2n) is 4.81. The van der Waals surface area contributed by atoms with Crippen molar-refractivity contribution in [2.45, 2.75) is 40.2 Å². The van der Waals surface area contributed by atoms with E-state index in [-0.39, 0.29) is 12.0 Å². The molecule has 18 heavy (non-hydrogen) atoms. The molecule has 0 saturated heterocycles. The number of carbonyl (C=O) groups is 1. The van der Waals surface area contributed by atoms with Gasteiger partial charge in [0.25, 0.3) is 0 Å². The van der Waals surface area contributed by atoms with E-state index in [9.17, 15) is 4.79 Å². The summed E-state index contributed by atoms with van der Waals surface area (Å²) >= 11 is 0. The highest BCUT2D eigenvalue weighted by Gasteiger charge is 2.12. The molecule has 0 bridgehead atoms. The summed E-state index contributed by atoms with van der Waals surface area (Å²) in [5.74, 6) is -0.174. The molecule has 0 aliphatic carbocycles. The normalized spacial score (nSPS) is 12.3. The Kier molecular flexibility index (Phi) is 5.35. The van der Waals surface area contributed by atoms with Crippen molar-refractivity contribution in [2.24, 2.45) is 0 Å². The molecule has 3 nitrogen and oxygen atoms in total. The number of carbonyl (C=O) groups excluding carboxylic acids is 1. The second-order valence-corrected chi connectivity index (χ2v) is 4.81. The highest BCUT2D eigenvalue weighted by Crippen LogP contribution is 2.23. The van der Waals surface area contributed by atoms with Gasteiger partial charge in [0.1, 0.15) is 0 Å². The standard InChI is InChI=1S/C15H23NO2/c1-10-8-11(2)15(12(3)9-10)13(4)16-7-6-14(17)18-5/h8-9,13,16H,6-7H2,1-5H3. The second kappa shape index (κ2) is 6.55. The smallest absolute Gasteiger partial charge is 0.306 e. The molecule has 0 saturated carbocycles. The topological polar surface area (TPSA) is 38.3 Å². The maximum Gasteiger partial charge on any atom is 0.306 e. The maximum atomic E-state index is 11.0. The van der Waals surface area contributed by atoms with Gasteiger partial charge in [-0.25, -0.2) is 0 Å². The molecule has 1 N–H and O–H groups in total. The lowest BCUT2D eigenvalue weighted by Gasteiger charge is -2.19. The number of methoxy groups -OCH3 is 1. The minimum atomic E-state index is -0.174. The number of benzene rings is 1. The molecule has 1 aromatic carbocycles. The molecule has 1 atom stereocenters. The Morgan fingerprint density at radius 3 is 2.33 bits per heavy atom. The van der Waals surface area contributed by atoms with Gasteiger partial charge in [-0.15, -0.1) is 0 Å². The lowest BCUT2D eigenvalue weighted by molar-refractivity contribution is -0.140. The van der Waals surface area contributed by atoms with E-state index >= 15 is 0 Å². The van der Waals surface area contributed by atoms with Gasteiger partial charge >= 0.3 is 5.97 Å². The van der Waals surface area contributed by atoms with Crippen LogP contribution in [0, 0.1) is 20.8 Å². The van der Waals surface area contributed by atoms with Crippen LogP contribution in [0.15, 0.2) is 12.1 Å². The zero-order valence-corrected chi connectivity index (χ0v) is 12.0. The number of hydrogen-bond acceptors (Lipinski definition) is 3. The van der Waals surface area contributed by atoms with Gasteiger partial charge in [-0.2, -0.15) is 0 Å². The van der Waals surface area contributed by atoms with Crippen LogP contribution in [-0.4, -0.2) is 19.6 Å². The first-order valence-electron chi connectivity index (χ1n) is 6.33. The summed E-state index contributed by atoms with van der Waals surface area (Å²) < 4.78 is 4.62. The van der Waals surface area contributed by atoms with Crippen molar-refractivity contribution in [3.05, 3.63) is 34.4 Å². The van der Waals surface area contributed by atoms with Crippen LogP contribution in [0.2, 0.25) is 0 Å². The number of hydrogen-bond donors (Lipinski definition) is 1. The summed E-state index contributed by atoms with van der Waals surface area (Å²) in [4.78, 5) is 11.0. The van der Waals surface area contributed by atoms with Crippen LogP contribution < -0.4 is 5.32 Å². The molecule has 0 heterocycles. The van der Waals surface area contributed by atoms with Gasteiger partial charge in [0, 0.05) is 12.6 Å². The van der Waals surface area contributed by atoms with Gasteiger partial charge in [0.2, 0.25) is 0 Å². The number of aryl methyl sites for hydroxylation is 3. The third kappa shape index (κ3) is 3.84. The molecule has 0 fully saturated rings. The molecule has 0 aliphatic rings. The van der Waals surface area contributed by atoms with Crippen molar-refractivity contribution >= 4 is 5.97 Å². The lowest BCUT2D eigenvalue weighted by atomic mass is 9.95. The Bertz CT molecular complexity index is 403. The van der Waals surface area contributed by atoms with Crippen LogP contribution in [0.4, 0.5) is 0 Å². The molecular formula is C15H23NO2. The quantitative estimate of drug-likeness (QED) is 0.815. The van der Waals surface area contributed by atoms with Crippen molar-refractivity contribution in [3.8, 4) is 0 Å². The monoisotopic (exact) mass is 249 g/mol. The van der Waals surface area contributed by atoms with Gasteiger partial charge < -0.3 is 10.1 Å². The number of esters is 1. The largest absolute Gasteiger partial charge is 0.469 e. The minimum Gasteiger partial charge on any atom is -0.469 e. The van der Waals surface area contributed by atoms with Gasteiger partial charge in [-0.05, 0) is 44.4 Å². The van der Waals surface area contributed by atoms with Crippen molar-refractivity contribution in [1.82, 2.24) is 5.32 Å². The Balaban J connectivity index is 2.67. The molecule has 1 unspecified atom stereocenters. The van der Waals surface area contributed by atoms with Crippen LogP contribution in [0.3, 0.4) is 0 Å². The van der Waals surface area contributed by atoms with E-state index in [1.54, 1.807) is 0 Å². The Morgan fingerprint density at radius 2 is 1.83 bits per heavy atom. The van der Waals surface area contributed by atoms with E-state index < -0.39 is 0 Å². The molecule has 0 spiro atoms. The van der Waals surface area contributed by atoms with Crippen LogP contribution in [0.1, 0.15) is 41.6 Å². The molecule has 1 aromatic rings. The van der Waals surface area contributed by atoms with Crippen molar-refractivity contribution in [2.75, 3.05) is 13.7 Å². The Morgan fingerprint density at radius 1 is 1.28 bits per heavy atom. The third-order valence-corrected chi connectivity index (χ3v) is 3.18. The summed E-state index contributed by atoms with van der Waals surface area (Å²) in [6, 6.07) is 4.64. The fraction of sp³-hybridized carbons (Fsp3) is 0.533. The van der Waals surface area contributed by atoms with Crippen molar-refractivity contribution in [1.29, 1.82) is 0 Å². The lowest BCUT2D eigenvalue weighted by Crippen LogP contribution is -2.23. The molecule has 0 aliphatic heterocycles. The fourth-order valence-electron chi connectivity index (χ4n) is 2.47. The van der Waals surface area contributed by atoms with Crippen LogP contribution in [0.5, 0.6) is 0 Å². The Hall–Kier alpha value is -1.35. The van der Waals surface area contributed by atoms with Gasteiger partial charge in [-0.1, -0.05) is 17.7 Å². The SMILES string of the molecule is COC(=O)CCNC(C)c1c(C)cc(C)cc1C.